The van der Waals surface area contributed by atoms with Gasteiger partial charge < -0.3 is 9.64 Å². The molecule has 12 rings (SSSR count). The largest absolute Gasteiger partial charge is 0.458 e. The molecule has 2 aliphatic rings. The SMILES string of the molecule is c1ccc(N(c2ccc(-c3ccc4c(c3)[SiH](c3ccccc3)c3ccccc3[Si]43c4ccccc4Oc4ccccc43)cc2)c2cc3ccccc3c3ccccc23)cc1. The molecule has 1 spiro atoms. The average molecular weight is 798 g/mol. The lowest BCUT2D eigenvalue weighted by molar-refractivity contribution is 0.487. The molecular formula is C56H39NOSi2. The van der Waals surface area contributed by atoms with Crippen molar-refractivity contribution in [1.29, 1.82) is 0 Å². The smallest absolute Gasteiger partial charge is 0.188 e. The number of anilines is 3. The average Bonchev–Trinajstić information content (AvgIpc) is 3.32. The first-order chi connectivity index (χ1) is 29.8. The fourth-order valence-corrected chi connectivity index (χ4v) is 20.8. The minimum atomic E-state index is -2.79. The van der Waals surface area contributed by atoms with E-state index in [9.17, 15) is 0 Å². The second-order valence-electron chi connectivity index (χ2n) is 16.0. The van der Waals surface area contributed by atoms with E-state index in [0.717, 1.165) is 22.9 Å². The van der Waals surface area contributed by atoms with Crippen LogP contribution in [0.1, 0.15) is 0 Å². The number of benzene rings is 10. The van der Waals surface area contributed by atoms with Gasteiger partial charge in [0.15, 0.2) is 8.07 Å². The van der Waals surface area contributed by atoms with E-state index in [0.29, 0.717) is 0 Å². The summed E-state index contributed by atoms with van der Waals surface area (Å²) in [5.74, 6) is 1.95. The second-order valence-corrected chi connectivity index (χ2v) is 22.4. The van der Waals surface area contributed by atoms with Gasteiger partial charge in [-0.1, -0.05) is 204 Å². The molecular weight excluding hydrogens is 759 g/mol. The summed E-state index contributed by atoms with van der Waals surface area (Å²) < 4.78 is 6.72. The van der Waals surface area contributed by atoms with E-state index in [4.69, 9.17) is 4.74 Å². The molecule has 0 saturated heterocycles. The minimum absolute atomic E-state index is 0.977. The maximum Gasteiger partial charge on any atom is 0.188 e. The summed E-state index contributed by atoms with van der Waals surface area (Å²) in [5.41, 5.74) is 5.87. The van der Waals surface area contributed by atoms with Crippen LogP contribution in [0.15, 0.2) is 231 Å². The summed E-state index contributed by atoms with van der Waals surface area (Å²) in [7, 11) is -4.71. The van der Waals surface area contributed by atoms with E-state index in [-0.39, 0.29) is 0 Å². The van der Waals surface area contributed by atoms with Crippen molar-refractivity contribution < 1.29 is 4.74 Å². The zero-order valence-corrected chi connectivity index (χ0v) is 35.0. The Morgan fingerprint density at radius 1 is 0.367 bits per heavy atom. The molecule has 0 N–H and O–H groups in total. The van der Waals surface area contributed by atoms with Gasteiger partial charge in [-0.15, -0.1) is 0 Å². The van der Waals surface area contributed by atoms with Gasteiger partial charge >= 0.3 is 0 Å². The maximum absolute atomic E-state index is 6.72. The molecule has 4 heteroatoms. The van der Waals surface area contributed by atoms with Gasteiger partial charge in [0.2, 0.25) is 0 Å². The standard InChI is InChI=1S/C56H39NOSi2/c1-3-18-42(19-4-1)57(48-37-41-17-7-8-22-45(41)46-23-9-10-24-47(46)48)43-34-31-39(32-35-43)40-33-36-56-52(38-40)59(44-20-5-2-6-21-44)51-27-13-16-30-55(51)60(56)53-28-14-11-25-49(53)58-50-26-12-15-29-54(50)60/h1-38,59H. The molecule has 1 unspecified atom stereocenters. The first-order valence-corrected chi connectivity index (χ1v) is 24.5. The number of hydrogen-bond acceptors (Lipinski definition) is 2. The first-order valence-electron chi connectivity index (χ1n) is 20.8. The minimum Gasteiger partial charge on any atom is -0.458 e. The van der Waals surface area contributed by atoms with Crippen LogP contribution in [0.3, 0.4) is 0 Å². The van der Waals surface area contributed by atoms with Gasteiger partial charge in [-0.25, -0.2) is 0 Å². The molecule has 282 valence electrons. The Morgan fingerprint density at radius 3 is 1.63 bits per heavy atom. The van der Waals surface area contributed by atoms with Crippen molar-refractivity contribution in [2.24, 2.45) is 0 Å². The highest BCUT2D eigenvalue weighted by molar-refractivity contribution is 7.27. The van der Waals surface area contributed by atoms with E-state index in [1.54, 1.807) is 0 Å². The summed E-state index contributed by atoms with van der Waals surface area (Å²) in [6, 6.07) is 85.6. The summed E-state index contributed by atoms with van der Waals surface area (Å²) in [5, 5.41) is 15.1. The Balaban J connectivity index is 1.05. The van der Waals surface area contributed by atoms with Crippen molar-refractivity contribution in [3.63, 3.8) is 0 Å². The number of hydrogen-bond donors (Lipinski definition) is 0. The normalized spacial score (nSPS) is 14.4. The van der Waals surface area contributed by atoms with Crippen LogP contribution in [0.2, 0.25) is 0 Å². The van der Waals surface area contributed by atoms with Gasteiger partial charge in [0.25, 0.3) is 0 Å². The predicted octanol–water partition coefficient (Wildman–Crippen LogP) is 9.17. The Kier molecular flexibility index (Phi) is 8.08. The Labute approximate surface area is 352 Å². The monoisotopic (exact) mass is 797 g/mol. The molecule has 0 aliphatic carbocycles. The van der Waals surface area contributed by atoms with Crippen LogP contribution in [0.5, 0.6) is 11.5 Å². The van der Waals surface area contributed by atoms with Crippen molar-refractivity contribution in [2.45, 2.75) is 0 Å². The third kappa shape index (κ3) is 5.25. The van der Waals surface area contributed by atoms with E-state index < -0.39 is 16.9 Å². The number of rotatable bonds is 5. The fourth-order valence-electron chi connectivity index (χ4n) is 10.3. The third-order valence-corrected chi connectivity index (χ3v) is 21.7. The van der Waals surface area contributed by atoms with E-state index in [1.165, 1.54) is 74.7 Å². The molecule has 0 fully saturated rings. The third-order valence-electron chi connectivity index (χ3n) is 12.8. The van der Waals surface area contributed by atoms with Crippen LogP contribution in [0.25, 0.3) is 32.7 Å². The number of nitrogens with zero attached hydrogens (tertiary/aromatic N) is 1. The van der Waals surface area contributed by atoms with Gasteiger partial charge in [0, 0.05) is 16.8 Å². The lowest BCUT2D eigenvalue weighted by Gasteiger charge is -2.46. The molecule has 0 radical (unpaired) electrons. The topological polar surface area (TPSA) is 12.5 Å². The Hall–Kier alpha value is -7.25. The molecule has 2 heterocycles. The summed E-state index contributed by atoms with van der Waals surface area (Å²) >= 11 is 0. The van der Waals surface area contributed by atoms with Gasteiger partial charge in [0.05, 0.1) is 5.69 Å². The summed E-state index contributed by atoms with van der Waals surface area (Å²) in [4.78, 5) is 2.41. The van der Waals surface area contributed by atoms with Gasteiger partial charge in [0.1, 0.15) is 20.3 Å². The molecule has 10 aromatic rings. The Morgan fingerprint density at radius 2 is 0.900 bits per heavy atom. The quantitative estimate of drug-likeness (QED) is 0.127. The zero-order chi connectivity index (χ0) is 39.6. The lowest BCUT2D eigenvalue weighted by Crippen LogP contribution is -2.87. The number of fused-ring (bicyclic) bond motifs is 11. The zero-order valence-electron chi connectivity index (χ0n) is 32.9. The van der Waals surface area contributed by atoms with Crippen molar-refractivity contribution in [3.8, 4) is 22.6 Å². The first kappa shape index (κ1) is 34.8. The van der Waals surface area contributed by atoms with Gasteiger partial charge in [-0.3, -0.25) is 0 Å². The molecule has 1 atom stereocenters. The molecule has 0 saturated carbocycles. The molecule has 2 nitrogen and oxygen atoms in total. The van der Waals surface area contributed by atoms with E-state index in [2.05, 4.69) is 235 Å². The van der Waals surface area contributed by atoms with Crippen molar-refractivity contribution in [1.82, 2.24) is 0 Å². The summed E-state index contributed by atoms with van der Waals surface area (Å²) in [6.07, 6.45) is 0. The van der Waals surface area contributed by atoms with E-state index >= 15 is 0 Å². The number of para-hydroxylation sites is 3. The second kappa shape index (κ2) is 14.0. The Bertz CT molecular complexity index is 3210. The fraction of sp³-hybridized carbons (Fsp3) is 0. The van der Waals surface area contributed by atoms with Crippen LogP contribution in [-0.2, 0) is 0 Å². The van der Waals surface area contributed by atoms with Crippen LogP contribution in [-0.4, -0.2) is 16.9 Å². The van der Waals surface area contributed by atoms with Crippen molar-refractivity contribution in [2.75, 3.05) is 4.90 Å². The van der Waals surface area contributed by atoms with Crippen LogP contribution in [0.4, 0.5) is 17.1 Å². The highest BCUT2D eigenvalue weighted by Gasteiger charge is 2.53. The lowest BCUT2D eigenvalue weighted by atomic mass is 9.98. The highest BCUT2D eigenvalue weighted by Crippen LogP contribution is 2.42. The summed E-state index contributed by atoms with van der Waals surface area (Å²) in [6.45, 7) is 0. The van der Waals surface area contributed by atoms with Crippen LogP contribution >= 0.6 is 0 Å². The maximum atomic E-state index is 6.72. The molecule has 60 heavy (non-hydrogen) atoms. The van der Waals surface area contributed by atoms with Crippen LogP contribution < -0.4 is 45.9 Å². The van der Waals surface area contributed by atoms with Crippen molar-refractivity contribution in [3.05, 3.63) is 231 Å². The highest BCUT2D eigenvalue weighted by atomic mass is 28.3. The molecule has 10 aromatic carbocycles. The van der Waals surface area contributed by atoms with Gasteiger partial charge in [-0.05, 0) is 90.5 Å². The van der Waals surface area contributed by atoms with Crippen LogP contribution in [0, 0.1) is 0 Å². The number of ether oxygens (including phenoxy) is 1. The van der Waals surface area contributed by atoms with E-state index in [1.807, 2.05) is 0 Å². The predicted molar refractivity (Wildman–Crippen MR) is 258 cm³/mol. The van der Waals surface area contributed by atoms with Gasteiger partial charge in [-0.2, -0.15) is 0 Å². The molecule has 0 bridgehead atoms. The van der Waals surface area contributed by atoms with Crippen molar-refractivity contribution >= 4 is 91.8 Å². The molecule has 0 aromatic heterocycles. The molecule has 2 aliphatic heterocycles. The molecule has 0 amide bonds.